The van der Waals surface area contributed by atoms with Crippen LogP contribution in [0.2, 0.25) is 0 Å². The minimum absolute atomic E-state index is 0.806. The second-order valence-corrected chi connectivity index (χ2v) is 18.3. The van der Waals surface area contributed by atoms with Crippen molar-refractivity contribution in [2.45, 2.75) is 0 Å². The largest absolute Gasteiger partial charge is 0.456 e. The van der Waals surface area contributed by atoms with Crippen molar-refractivity contribution >= 4 is 122 Å². The second kappa shape index (κ2) is 14.0. The lowest BCUT2D eigenvalue weighted by molar-refractivity contribution is 0.646. The highest BCUT2D eigenvalue weighted by atomic mass is 16.3. The van der Waals surface area contributed by atoms with Crippen molar-refractivity contribution in [1.82, 2.24) is 0 Å². The molecule has 6 heteroatoms. The third-order valence-corrected chi connectivity index (χ3v) is 14.6. The molecule has 6 nitrogen and oxygen atoms in total. The zero-order valence-electron chi connectivity index (χ0n) is 37.3. The van der Waals surface area contributed by atoms with Crippen molar-refractivity contribution in [1.29, 1.82) is 0 Å². The van der Waals surface area contributed by atoms with Gasteiger partial charge in [-0.05, 0) is 155 Å². The summed E-state index contributed by atoms with van der Waals surface area (Å²) in [6, 6.07) is 76.6. The first kappa shape index (κ1) is 37.6. The van der Waals surface area contributed by atoms with Gasteiger partial charge in [0.05, 0.1) is 11.4 Å². The van der Waals surface area contributed by atoms with Gasteiger partial charge in [0.2, 0.25) is 0 Å². The summed E-state index contributed by atoms with van der Waals surface area (Å²) in [4.78, 5) is 4.64. The molecule has 0 spiro atoms. The highest BCUT2D eigenvalue weighted by Gasteiger charge is 2.30. The first-order chi connectivity index (χ1) is 34.7. The van der Waals surface area contributed by atoms with Gasteiger partial charge in [0, 0.05) is 77.3 Å². The molecule has 0 radical (unpaired) electrons. The molecular formula is C64H36N2O4. The third-order valence-electron chi connectivity index (χ3n) is 14.6. The van der Waals surface area contributed by atoms with E-state index in [4.69, 9.17) is 17.7 Å². The molecule has 0 saturated carbocycles. The van der Waals surface area contributed by atoms with Crippen molar-refractivity contribution < 1.29 is 17.7 Å². The molecule has 0 aromatic heterocycles. The van der Waals surface area contributed by atoms with Crippen LogP contribution in [0.4, 0.5) is 34.1 Å². The summed E-state index contributed by atoms with van der Waals surface area (Å²) in [5.74, 6) is 0. The first-order valence-electron chi connectivity index (χ1n) is 23.7. The average molecular weight is 897 g/mol. The molecule has 0 aliphatic carbocycles. The molecule has 16 rings (SSSR count). The molecule has 0 unspecified atom stereocenters. The summed E-state index contributed by atoms with van der Waals surface area (Å²) in [5, 5.41) is 8.45. The number of anilines is 6. The summed E-state index contributed by atoms with van der Waals surface area (Å²) in [6.45, 7) is 0. The minimum atomic E-state index is 0.806. The van der Waals surface area contributed by atoms with Crippen LogP contribution in [0.25, 0.3) is 121 Å². The van der Waals surface area contributed by atoms with Gasteiger partial charge in [-0.25, -0.2) is 0 Å². The Hall–Kier alpha value is -9.52. The van der Waals surface area contributed by atoms with E-state index < -0.39 is 0 Å². The highest BCUT2D eigenvalue weighted by molar-refractivity contribution is 6.30. The molecule has 0 amide bonds. The SMILES string of the molecule is c1ccc(N(c2ccccc2)c2ccc3oc4ccc5c(-c6ccc7oc8ccc9c(N(c%10ccccc%10)c%10ccccc%10)ccc%10oc%11ccc6c7c%11-c8c%109)ccc6oc7ccc2c3c7-c4c65)cc1. The van der Waals surface area contributed by atoms with Gasteiger partial charge in [0.15, 0.2) is 0 Å². The quantitative estimate of drug-likeness (QED) is 0.117. The number of hydrogen-bond acceptors (Lipinski definition) is 6. The molecule has 0 N–H and O–H groups in total. The predicted molar refractivity (Wildman–Crippen MR) is 286 cm³/mol. The summed E-state index contributed by atoms with van der Waals surface area (Å²) >= 11 is 0. The van der Waals surface area contributed by atoms with Crippen LogP contribution in [0.5, 0.6) is 0 Å². The van der Waals surface area contributed by atoms with E-state index in [2.05, 4.69) is 228 Å². The summed E-state index contributed by atoms with van der Waals surface area (Å²) < 4.78 is 27.7. The van der Waals surface area contributed by atoms with Gasteiger partial charge in [0.1, 0.15) is 44.7 Å². The maximum absolute atomic E-state index is 6.93. The molecule has 0 atom stereocenters. The van der Waals surface area contributed by atoms with Gasteiger partial charge in [-0.3, -0.25) is 0 Å². The standard InChI is InChI=1S/C64H36N2O4/c1-5-13-37(14-6-1)65(38-15-7-2-8-16-38)47-27-35-51-59-45(47)25-33-55-63(59)61-53(69-51)31-23-43-41(21-29-49(67-55)57(43)61)42-22-30-50-58-44(42)24-32-54-62(58)64-56(68-50)34-26-46-48(28-36-52(70-54)60(46)64)66(39-17-9-3-10-18-39)40-19-11-4-12-20-40/h1-36H. The number of nitrogens with zero attached hydrogens (tertiary/aromatic N) is 2. The Morgan fingerprint density at radius 2 is 0.471 bits per heavy atom. The maximum atomic E-state index is 6.93. The maximum Gasteiger partial charge on any atom is 0.136 e. The third kappa shape index (κ3) is 5.11. The van der Waals surface area contributed by atoms with Crippen LogP contribution in [0.1, 0.15) is 0 Å². The van der Waals surface area contributed by atoms with Gasteiger partial charge in [-0.2, -0.15) is 0 Å². The fourth-order valence-electron chi connectivity index (χ4n) is 11.7. The number of hydrogen-bond donors (Lipinski definition) is 0. The Labute approximate surface area is 399 Å². The normalized spacial score (nSPS) is 12.3. The van der Waals surface area contributed by atoms with Crippen LogP contribution >= 0.6 is 0 Å². The van der Waals surface area contributed by atoms with E-state index in [1.165, 1.54) is 0 Å². The predicted octanol–water partition coefficient (Wildman–Crippen LogP) is 19.0. The van der Waals surface area contributed by atoms with E-state index in [0.29, 0.717) is 0 Å². The Morgan fingerprint density at radius 1 is 0.214 bits per heavy atom. The lowest BCUT2D eigenvalue weighted by atomic mass is 9.85. The molecular weight excluding hydrogens is 861 g/mol. The summed E-state index contributed by atoms with van der Waals surface area (Å²) in [5.41, 5.74) is 19.3. The van der Waals surface area contributed by atoms with Crippen molar-refractivity contribution in [3.63, 3.8) is 0 Å². The molecule has 12 aromatic carbocycles. The van der Waals surface area contributed by atoms with Crippen molar-refractivity contribution in [2.75, 3.05) is 9.80 Å². The Morgan fingerprint density at radius 3 is 0.786 bits per heavy atom. The Balaban J connectivity index is 0.905. The van der Waals surface area contributed by atoms with Crippen LogP contribution < -0.4 is 9.80 Å². The Kier molecular flexibility index (Phi) is 7.52. The van der Waals surface area contributed by atoms with Crippen molar-refractivity contribution in [3.8, 4) is 33.4 Å². The van der Waals surface area contributed by atoms with Crippen molar-refractivity contribution in [2.24, 2.45) is 0 Å². The molecule has 0 saturated heterocycles. The number of benzene rings is 12. The Bertz CT molecular complexity index is 4210. The number of para-hydroxylation sites is 4. The van der Waals surface area contributed by atoms with Crippen LogP contribution in [0.3, 0.4) is 0 Å². The zero-order valence-corrected chi connectivity index (χ0v) is 37.3. The topological polar surface area (TPSA) is 59.0 Å². The summed E-state index contributed by atoms with van der Waals surface area (Å²) in [6.07, 6.45) is 0. The van der Waals surface area contributed by atoms with Gasteiger partial charge in [-0.1, -0.05) is 84.9 Å². The average Bonchev–Trinajstić information content (AvgIpc) is 3.42. The van der Waals surface area contributed by atoms with Gasteiger partial charge < -0.3 is 27.5 Å². The molecule has 0 bridgehead atoms. The molecule has 4 aliphatic heterocycles. The summed E-state index contributed by atoms with van der Waals surface area (Å²) in [7, 11) is 0. The van der Waals surface area contributed by atoms with Gasteiger partial charge in [0.25, 0.3) is 0 Å². The molecule has 4 heterocycles. The van der Waals surface area contributed by atoms with E-state index in [1.54, 1.807) is 0 Å². The van der Waals surface area contributed by atoms with Gasteiger partial charge in [-0.15, -0.1) is 0 Å². The van der Waals surface area contributed by atoms with Crippen molar-refractivity contribution in [3.05, 3.63) is 218 Å². The number of rotatable bonds is 7. The molecule has 326 valence electrons. The van der Waals surface area contributed by atoms with Crippen LogP contribution in [-0.4, -0.2) is 0 Å². The van der Waals surface area contributed by atoms with Crippen LogP contribution in [-0.2, 0) is 0 Å². The molecule has 12 aromatic rings. The van der Waals surface area contributed by atoms with Crippen LogP contribution in [0, 0.1) is 0 Å². The fourth-order valence-corrected chi connectivity index (χ4v) is 11.7. The van der Waals surface area contributed by atoms with E-state index in [-0.39, 0.29) is 0 Å². The molecule has 4 aliphatic rings. The lowest BCUT2D eigenvalue weighted by Crippen LogP contribution is -2.10. The highest BCUT2D eigenvalue weighted by Crippen LogP contribution is 2.55. The lowest BCUT2D eigenvalue weighted by Gasteiger charge is -2.28. The van der Waals surface area contributed by atoms with E-state index in [9.17, 15) is 0 Å². The zero-order chi connectivity index (χ0) is 45.6. The molecule has 0 fully saturated rings. The monoisotopic (exact) mass is 896 g/mol. The van der Waals surface area contributed by atoms with Crippen LogP contribution in [0.15, 0.2) is 236 Å². The molecule has 70 heavy (non-hydrogen) atoms. The second-order valence-electron chi connectivity index (χ2n) is 18.3. The smallest absolute Gasteiger partial charge is 0.136 e. The van der Waals surface area contributed by atoms with Gasteiger partial charge >= 0.3 is 0 Å². The van der Waals surface area contributed by atoms with E-state index in [0.717, 1.165) is 155 Å². The fraction of sp³-hybridized carbons (Fsp3) is 0. The first-order valence-corrected chi connectivity index (χ1v) is 23.7. The van der Waals surface area contributed by atoms with E-state index >= 15 is 0 Å². The minimum Gasteiger partial charge on any atom is -0.456 e. The van der Waals surface area contributed by atoms with E-state index in [1.807, 2.05) is 0 Å².